The van der Waals surface area contributed by atoms with Crippen LogP contribution in [0.2, 0.25) is 0 Å². The van der Waals surface area contributed by atoms with E-state index >= 15 is 0 Å². The molecule has 20 heavy (non-hydrogen) atoms. The number of furan rings is 1. The summed E-state index contributed by atoms with van der Waals surface area (Å²) in [4.78, 5) is 6.57. The number of fused-ring (bicyclic) bond motifs is 1. The molecule has 108 valence electrons. The van der Waals surface area contributed by atoms with Gasteiger partial charge in [0.1, 0.15) is 11.3 Å². The molecule has 1 aromatic heterocycles. The van der Waals surface area contributed by atoms with Gasteiger partial charge >= 0.3 is 0 Å². The van der Waals surface area contributed by atoms with Gasteiger partial charge in [0, 0.05) is 24.0 Å². The van der Waals surface area contributed by atoms with Gasteiger partial charge in [-0.1, -0.05) is 18.2 Å². The summed E-state index contributed by atoms with van der Waals surface area (Å²) in [6.07, 6.45) is 2.45. The van der Waals surface area contributed by atoms with E-state index in [9.17, 15) is 0 Å². The van der Waals surface area contributed by atoms with Crippen LogP contribution >= 0.6 is 24.0 Å². The summed E-state index contributed by atoms with van der Waals surface area (Å²) in [5.74, 6) is 1.54. The molecule has 4 nitrogen and oxygen atoms in total. The second kappa shape index (κ2) is 6.03. The molecule has 1 aliphatic rings. The smallest absolute Gasteiger partial charge is 0.191 e. The van der Waals surface area contributed by atoms with Gasteiger partial charge in [-0.25, -0.2) is 4.99 Å². The Morgan fingerprint density at radius 3 is 2.80 bits per heavy atom. The van der Waals surface area contributed by atoms with Crippen molar-refractivity contribution in [3.05, 3.63) is 35.6 Å². The quantitative estimate of drug-likeness (QED) is 0.501. The van der Waals surface area contributed by atoms with Gasteiger partial charge in [-0.3, -0.25) is 0 Å². The first-order chi connectivity index (χ1) is 9.16. The highest BCUT2D eigenvalue weighted by Gasteiger charge is 2.27. The lowest BCUT2D eigenvalue weighted by Crippen LogP contribution is -2.35. The molecule has 1 fully saturated rings. The number of benzene rings is 1. The number of aryl methyl sites for hydroxylation is 1. The van der Waals surface area contributed by atoms with Gasteiger partial charge < -0.3 is 15.1 Å². The number of rotatable bonds is 3. The highest BCUT2D eigenvalue weighted by molar-refractivity contribution is 14.0. The van der Waals surface area contributed by atoms with Gasteiger partial charge in [0.05, 0.1) is 6.54 Å². The molecule has 0 unspecified atom stereocenters. The van der Waals surface area contributed by atoms with Crippen LogP contribution in [0.3, 0.4) is 0 Å². The fraction of sp³-hybridized carbons (Fsp3) is 0.400. The Morgan fingerprint density at radius 1 is 1.40 bits per heavy atom. The Bertz CT molecular complexity index is 631. The molecule has 0 bridgehead atoms. The van der Waals surface area contributed by atoms with Gasteiger partial charge in [-0.15, -0.1) is 24.0 Å². The van der Waals surface area contributed by atoms with Crippen LogP contribution in [0.15, 0.2) is 33.7 Å². The third-order valence-corrected chi connectivity index (χ3v) is 3.76. The largest absolute Gasteiger partial charge is 0.461 e. The molecule has 1 heterocycles. The third-order valence-electron chi connectivity index (χ3n) is 3.76. The number of hydrogen-bond donors (Lipinski definition) is 1. The fourth-order valence-electron chi connectivity index (χ4n) is 2.34. The zero-order chi connectivity index (χ0) is 13.4. The molecular weight excluding hydrogens is 365 g/mol. The monoisotopic (exact) mass is 385 g/mol. The first-order valence-corrected chi connectivity index (χ1v) is 6.66. The Hall–Kier alpha value is -1.24. The van der Waals surface area contributed by atoms with Crippen molar-refractivity contribution in [2.24, 2.45) is 10.7 Å². The minimum absolute atomic E-state index is 0. The third kappa shape index (κ3) is 2.92. The molecule has 1 aliphatic carbocycles. The number of nitrogens with two attached hydrogens (primary N) is 1. The first-order valence-electron chi connectivity index (χ1n) is 6.66. The Morgan fingerprint density at radius 2 is 2.10 bits per heavy atom. The van der Waals surface area contributed by atoms with Crippen LogP contribution in [0.4, 0.5) is 0 Å². The van der Waals surface area contributed by atoms with Crippen molar-refractivity contribution in [1.82, 2.24) is 4.90 Å². The number of halogens is 1. The van der Waals surface area contributed by atoms with E-state index in [0.717, 1.165) is 22.3 Å². The molecule has 0 amide bonds. The molecule has 1 saturated carbocycles. The molecule has 0 atom stereocenters. The van der Waals surface area contributed by atoms with Gasteiger partial charge in [0.15, 0.2) is 5.96 Å². The summed E-state index contributed by atoms with van der Waals surface area (Å²) in [5.41, 5.74) is 8.06. The van der Waals surface area contributed by atoms with E-state index in [2.05, 4.69) is 16.0 Å². The maximum atomic E-state index is 6.01. The van der Waals surface area contributed by atoms with E-state index in [1.807, 2.05) is 32.2 Å². The predicted molar refractivity (Wildman–Crippen MR) is 92.5 cm³/mol. The molecule has 3 rings (SSSR count). The Balaban J connectivity index is 0.00000147. The second-order valence-corrected chi connectivity index (χ2v) is 5.15. The first kappa shape index (κ1) is 15.2. The topological polar surface area (TPSA) is 54.8 Å². The Kier molecular flexibility index (Phi) is 4.57. The van der Waals surface area contributed by atoms with Crippen molar-refractivity contribution in [3.8, 4) is 0 Å². The molecule has 0 aliphatic heterocycles. The summed E-state index contributed by atoms with van der Waals surface area (Å²) >= 11 is 0. The summed E-state index contributed by atoms with van der Waals surface area (Å²) in [5, 5.41) is 1.13. The van der Waals surface area contributed by atoms with Gasteiger partial charge in [0.25, 0.3) is 0 Å². The van der Waals surface area contributed by atoms with Crippen LogP contribution in [0.1, 0.15) is 24.2 Å². The van der Waals surface area contributed by atoms with E-state index in [4.69, 9.17) is 10.2 Å². The van der Waals surface area contributed by atoms with Crippen molar-refractivity contribution >= 4 is 40.9 Å². The number of hydrogen-bond acceptors (Lipinski definition) is 2. The van der Waals surface area contributed by atoms with E-state index in [1.54, 1.807) is 0 Å². The Labute approximate surface area is 136 Å². The normalized spacial score (nSPS) is 15.2. The average Bonchev–Trinajstić information content (AvgIpc) is 3.19. The zero-order valence-corrected chi connectivity index (χ0v) is 14.1. The fourth-order valence-corrected chi connectivity index (χ4v) is 2.34. The standard InChI is InChI=1S/C15H19N3O.HI/c1-10-13(12-5-3-4-6-14(12)19-10)9-17-15(16)18(2)11-7-8-11;/h3-6,11H,7-9H2,1-2H3,(H2,16,17);1H. The zero-order valence-electron chi connectivity index (χ0n) is 11.8. The molecule has 1 aromatic carbocycles. The maximum absolute atomic E-state index is 6.01. The van der Waals surface area contributed by atoms with Crippen molar-refractivity contribution in [3.63, 3.8) is 0 Å². The SMILES string of the molecule is Cc1oc2ccccc2c1CN=C(N)N(C)C1CC1.I. The van der Waals surface area contributed by atoms with E-state index in [0.29, 0.717) is 18.5 Å². The van der Waals surface area contributed by atoms with E-state index < -0.39 is 0 Å². The summed E-state index contributed by atoms with van der Waals surface area (Å²) < 4.78 is 5.73. The summed E-state index contributed by atoms with van der Waals surface area (Å²) in [7, 11) is 2.01. The predicted octanol–water partition coefficient (Wildman–Crippen LogP) is 3.27. The van der Waals surface area contributed by atoms with Crippen LogP contribution < -0.4 is 5.73 Å². The summed E-state index contributed by atoms with van der Waals surface area (Å²) in [6.45, 7) is 2.55. The molecule has 0 radical (unpaired) electrons. The van der Waals surface area contributed by atoms with Crippen molar-refractivity contribution in [2.75, 3.05) is 7.05 Å². The van der Waals surface area contributed by atoms with E-state index in [-0.39, 0.29) is 24.0 Å². The summed E-state index contributed by atoms with van der Waals surface area (Å²) in [6, 6.07) is 8.63. The van der Waals surface area contributed by atoms with Crippen LogP contribution in [-0.2, 0) is 6.54 Å². The highest BCUT2D eigenvalue weighted by atomic mass is 127. The van der Waals surface area contributed by atoms with Gasteiger partial charge in [-0.05, 0) is 25.8 Å². The van der Waals surface area contributed by atoms with Gasteiger partial charge in [0.2, 0.25) is 0 Å². The number of guanidine groups is 1. The molecule has 0 saturated heterocycles. The molecule has 5 heteroatoms. The minimum Gasteiger partial charge on any atom is -0.461 e. The minimum atomic E-state index is 0. The van der Waals surface area contributed by atoms with Crippen molar-refractivity contribution in [1.29, 1.82) is 0 Å². The number of aliphatic imine (C=N–C) groups is 1. The highest BCUT2D eigenvalue weighted by Crippen LogP contribution is 2.27. The lowest BCUT2D eigenvalue weighted by Gasteiger charge is -2.16. The molecule has 2 N–H and O–H groups in total. The van der Waals surface area contributed by atoms with Gasteiger partial charge in [-0.2, -0.15) is 0 Å². The molecule has 2 aromatic rings. The van der Waals surface area contributed by atoms with E-state index in [1.165, 1.54) is 12.8 Å². The second-order valence-electron chi connectivity index (χ2n) is 5.15. The van der Waals surface area contributed by atoms with Crippen molar-refractivity contribution < 1.29 is 4.42 Å². The lowest BCUT2D eigenvalue weighted by atomic mass is 10.1. The average molecular weight is 385 g/mol. The number of para-hydroxylation sites is 1. The maximum Gasteiger partial charge on any atom is 0.191 e. The van der Waals surface area contributed by atoms with Crippen LogP contribution in [0, 0.1) is 6.92 Å². The van der Waals surface area contributed by atoms with Crippen molar-refractivity contribution in [2.45, 2.75) is 32.4 Å². The lowest BCUT2D eigenvalue weighted by molar-refractivity contribution is 0.487. The molecular formula is C15H20IN3O. The van der Waals surface area contributed by atoms with Crippen LogP contribution in [0.5, 0.6) is 0 Å². The molecule has 0 spiro atoms. The number of nitrogens with zero attached hydrogens (tertiary/aromatic N) is 2. The van der Waals surface area contributed by atoms with Crippen LogP contribution in [0.25, 0.3) is 11.0 Å². The van der Waals surface area contributed by atoms with Crippen LogP contribution in [-0.4, -0.2) is 23.9 Å².